The molecule has 0 radical (unpaired) electrons. The van der Waals surface area contributed by atoms with E-state index in [-0.39, 0.29) is 18.5 Å². The van der Waals surface area contributed by atoms with Crippen LogP contribution in [0.5, 0.6) is 11.5 Å². The van der Waals surface area contributed by atoms with Crippen LogP contribution in [0.3, 0.4) is 0 Å². The number of ether oxygens (including phenoxy) is 2. The zero-order chi connectivity index (χ0) is 25.8. The summed E-state index contributed by atoms with van der Waals surface area (Å²) in [5, 5.41) is 0.465. The van der Waals surface area contributed by atoms with Crippen molar-refractivity contribution in [3.8, 4) is 11.5 Å². The summed E-state index contributed by atoms with van der Waals surface area (Å²) in [4.78, 5) is 42.2. The van der Waals surface area contributed by atoms with Gasteiger partial charge in [0, 0.05) is 17.1 Å². The molecule has 0 aromatic heterocycles. The summed E-state index contributed by atoms with van der Waals surface area (Å²) in [6.45, 7) is 0.114. The van der Waals surface area contributed by atoms with Crippen molar-refractivity contribution in [2.24, 2.45) is 0 Å². The lowest BCUT2D eigenvalue weighted by molar-refractivity contribution is -0.122. The van der Waals surface area contributed by atoms with E-state index in [0.29, 0.717) is 28.6 Å². The molecule has 7 nitrogen and oxygen atoms in total. The van der Waals surface area contributed by atoms with E-state index in [0.717, 1.165) is 16.5 Å². The van der Waals surface area contributed by atoms with Crippen LogP contribution in [0.4, 0.5) is 10.1 Å². The van der Waals surface area contributed by atoms with Crippen LogP contribution in [0.25, 0.3) is 0 Å². The van der Waals surface area contributed by atoms with Gasteiger partial charge in [0.05, 0.1) is 26.3 Å². The fourth-order valence-electron chi connectivity index (χ4n) is 4.19. The van der Waals surface area contributed by atoms with Gasteiger partial charge in [0.15, 0.2) is 11.5 Å². The first kappa shape index (κ1) is 25.2. The summed E-state index contributed by atoms with van der Waals surface area (Å²) in [6, 6.07) is 15.9. The van der Waals surface area contributed by atoms with Gasteiger partial charge in [0.25, 0.3) is 11.8 Å². The molecule has 0 bridgehead atoms. The molecule has 9 heteroatoms. The van der Waals surface area contributed by atoms with Crippen LogP contribution in [0.2, 0.25) is 5.02 Å². The van der Waals surface area contributed by atoms with Crippen LogP contribution in [-0.4, -0.2) is 49.4 Å². The van der Waals surface area contributed by atoms with Gasteiger partial charge in [-0.15, -0.1) is 0 Å². The Morgan fingerprint density at radius 2 is 1.75 bits per heavy atom. The Kier molecular flexibility index (Phi) is 7.55. The van der Waals surface area contributed by atoms with Crippen molar-refractivity contribution in [1.82, 2.24) is 4.90 Å². The molecule has 0 spiro atoms. The van der Waals surface area contributed by atoms with E-state index in [1.54, 1.807) is 36.4 Å². The van der Waals surface area contributed by atoms with Gasteiger partial charge < -0.3 is 14.4 Å². The molecule has 1 unspecified atom stereocenters. The van der Waals surface area contributed by atoms with Crippen molar-refractivity contribution in [3.05, 3.63) is 88.7 Å². The van der Waals surface area contributed by atoms with Crippen molar-refractivity contribution >= 4 is 35.0 Å². The second kappa shape index (κ2) is 10.8. The molecule has 1 saturated heterocycles. The van der Waals surface area contributed by atoms with E-state index in [4.69, 9.17) is 21.1 Å². The van der Waals surface area contributed by atoms with Crippen LogP contribution >= 0.6 is 11.6 Å². The Labute approximate surface area is 213 Å². The van der Waals surface area contributed by atoms with Crippen LogP contribution in [0, 0.1) is 5.82 Å². The second-order valence-electron chi connectivity index (χ2n) is 8.21. The molecule has 3 amide bonds. The zero-order valence-corrected chi connectivity index (χ0v) is 20.5. The van der Waals surface area contributed by atoms with Gasteiger partial charge in [-0.25, -0.2) is 9.29 Å². The number of methoxy groups -OCH3 is 2. The Balaban J connectivity index is 1.64. The largest absolute Gasteiger partial charge is 0.493 e. The summed E-state index contributed by atoms with van der Waals surface area (Å²) >= 11 is 5.94. The molecule has 0 saturated carbocycles. The number of imide groups is 1. The molecule has 1 fully saturated rings. The van der Waals surface area contributed by atoms with Gasteiger partial charge in [0.2, 0.25) is 5.91 Å². The quantitative estimate of drug-likeness (QED) is 0.417. The number of benzene rings is 3. The minimum atomic E-state index is -1.04. The predicted octanol–water partition coefficient (Wildman–Crippen LogP) is 4.51. The van der Waals surface area contributed by atoms with E-state index >= 15 is 0 Å². The highest BCUT2D eigenvalue weighted by molar-refractivity contribution is 6.31. The number of nitrogens with zero attached hydrogens (tertiary/aromatic N) is 2. The number of carbonyl (C=O) groups excluding carboxylic acids is 3. The molecule has 0 aliphatic carbocycles. The fourth-order valence-corrected chi connectivity index (χ4v) is 4.32. The van der Waals surface area contributed by atoms with Crippen LogP contribution < -0.4 is 14.4 Å². The van der Waals surface area contributed by atoms with Crippen LogP contribution in [0.15, 0.2) is 66.7 Å². The Morgan fingerprint density at radius 1 is 1.03 bits per heavy atom. The van der Waals surface area contributed by atoms with Crippen LogP contribution in [0.1, 0.15) is 22.3 Å². The van der Waals surface area contributed by atoms with Gasteiger partial charge in [0.1, 0.15) is 11.9 Å². The highest BCUT2D eigenvalue weighted by Gasteiger charge is 2.44. The molecular weight excluding hydrogens is 487 g/mol. The van der Waals surface area contributed by atoms with E-state index in [1.165, 1.54) is 37.3 Å². The molecule has 186 valence electrons. The number of hydrogen-bond donors (Lipinski definition) is 0. The van der Waals surface area contributed by atoms with E-state index in [2.05, 4.69) is 0 Å². The normalized spacial score (nSPS) is 15.2. The molecule has 3 aromatic carbocycles. The van der Waals surface area contributed by atoms with Crippen molar-refractivity contribution in [2.45, 2.75) is 18.9 Å². The zero-order valence-electron chi connectivity index (χ0n) is 19.7. The van der Waals surface area contributed by atoms with Crippen LogP contribution in [-0.2, 0) is 16.0 Å². The van der Waals surface area contributed by atoms with Gasteiger partial charge in [-0.2, -0.15) is 0 Å². The topological polar surface area (TPSA) is 76.2 Å². The molecule has 1 heterocycles. The average Bonchev–Trinajstić information content (AvgIpc) is 3.17. The minimum absolute atomic E-state index is 0.0903. The Hall–Kier alpha value is -3.91. The highest BCUT2D eigenvalue weighted by atomic mass is 35.5. The average molecular weight is 511 g/mol. The summed E-state index contributed by atoms with van der Waals surface area (Å²) in [5.74, 6) is -0.991. The predicted molar refractivity (Wildman–Crippen MR) is 133 cm³/mol. The lowest BCUT2D eigenvalue weighted by atomic mass is 10.1. The molecular formula is C27H24ClFN2O5. The first-order valence-electron chi connectivity index (χ1n) is 11.2. The number of halogens is 2. The molecule has 3 aromatic rings. The molecule has 1 atom stereocenters. The molecule has 1 aliphatic heterocycles. The molecule has 0 N–H and O–H groups in total. The summed E-state index contributed by atoms with van der Waals surface area (Å²) in [7, 11) is 3.06. The number of anilines is 1. The van der Waals surface area contributed by atoms with Gasteiger partial charge >= 0.3 is 0 Å². The van der Waals surface area contributed by atoms with Crippen molar-refractivity contribution in [1.29, 1.82) is 0 Å². The van der Waals surface area contributed by atoms with E-state index in [1.807, 2.05) is 6.07 Å². The molecule has 36 heavy (non-hydrogen) atoms. The lowest BCUT2D eigenvalue weighted by Crippen LogP contribution is -2.46. The maximum atomic E-state index is 13.9. The standard InChI is InChI=1S/C27H24ClFN2O5/c1-35-23-11-6-17(14-24(23)36-2)12-13-30(26(33)18-4-3-5-20(29)15-18)22-16-25(32)31(27(22)34)21-9-7-19(28)8-10-21/h3-11,14-15,22H,12-13,16H2,1-2H3. The second-order valence-corrected chi connectivity index (χ2v) is 8.65. The van der Waals surface area contributed by atoms with Gasteiger partial charge in [-0.05, 0) is 66.6 Å². The van der Waals surface area contributed by atoms with Crippen molar-refractivity contribution < 1.29 is 28.2 Å². The highest BCUT2D eigenvalue weighted by Crippen LogP contribution is 2.30. The third kappa shape index (κ3) is 5.18. The SMILES string of the molecule is COc1ccc(CCN(C(=O)c2cccc(F)c2)C2CC(=O)N(c3ccc(Cl)cc3)C2=O)cc1OC. The fraction of sp³-hybridized carbons (Fsp3) is 0.222. The smallest absolute Gasteiger partial charge is 0.257 e. The monoisotopic (exact) mass is 510 g/mol. The maximum Gasteiger partial charge on any atom is 0.257 e. The minimum Gasteiger partial charge on any atom is -0.493 e. The maximum absolute atomic E-state index is 13.9. The van der Waals surface area contributed by atoms with Crippen molar-refractivity contribution in [3.63, 3.8) is 0 Å². The Morgan fingerprint density at radius 3 is 2.42 bits per heavy atom. The number of carbonyl (C=O) groups is 3. The van der Waals surface area contributed by atoms with Gasteiger partial charge in [-0.3, -0.25) is 14.4 Å². The van der Waals surface area contributed by atoms with E-state index in [9.17, 15) is 18.8 Å². The number of hydrogen-bond acceptors (Lipinski definition) is 5. The number of amides is 3. The first-order valence-corrected chi connectivity index (χ1v) is 11.6. The molecule has 4 rings (SSSR count). The van der Waals surface area contributed by atoms with Gasteiger partial charge in [-0.1, -0.05) is 23.7 Å². The Bertz CT molecular complexity index is 1300. The summed E-state index contributed by atoms with van der Waals surface area (Å²) in [5.41, 5.74) is 1.29. The third-order valence-corrected chi connectivity index (χ3v) is 6.26. The first-order chi connectivity index (χ1) is 17.3. The lowest BCUT2D eigenvalue weighted by Gasteiger charge is -2.28. The third-order valence-electron chi connectivity index (χ3n) is 6.01. The number of rotatable bonds is 8. The van der Waals surface area contributed by atoms with E-state index < -0.39 is 29.6 Å². The molecule has 1 aliphatic rings. The summed E-state index contributed by atoms with van der Waals surface area (Å²) < 4.78 is 24.5. The summed E-state index contributed by atoms with van der Waals surface area (Å²) in [6.07, 6.45) is 0.175. The van der Waals surface area contributed by atoms with Crippen molar-refractivity contribution in [2.75, 3.05) is 25.7 Å².